The minimum Gasteiger partial charge on any atom is -0.489 e. The maximum Gasteiger partial charge on any atom is 0.254 e. The summed E-state index contributed by atoms with van der Waals surface area (Å²) in [7, 11) is 1.53. The van der Waals surface area contributed by atoms with Gasteiger partial charge in [-0.15, -0.1) is 6.58 Å². The minimum absolute atomic E-state index is 0.0434. The van der Waals surface area contributed by atoms with Gasteiger partial charge < -0.3 is 43.6 Å². The smallest absolute Gasteiger partial charge is 0.254 e. The summed E-state index contributed by atoms with van der Waals surface area (Å²) in [4.78, 5) is 22.3. The van der Waals surface area contributed by atoms with Crippen molar-refractivity contribution in [3.63, 3.8) is 0 Å². The lowest BCUT2D eigenvalue weighted by molar-refractivity contribution is -0.254. The highest BCUT2D eigenvalue weighted by molar-refractivity contribution is 6.03. The van der Waals surface area contributed by atoms with E-state index in [1.807, 2.05) is 30.0 Å². The number of amides is 1. The number of hydrogen-bond acceptors (Lipinski definition) is 10. The van der Waals surface area contributed by atoms with Crippen LogP contribution in [0.1, 0.15) is 85.7 Å². The zero-order valence-corrected chi connectivity index (χ0v) is 33.4. The molecule has 3 aromatic rings. The molecule has 2 heterocycles. The number of hydrogen-bond donors (Lipinski definition) is 2. The van der Waals surface area contributed by atoms with E-state index in [9.17, 15) is 19.4 Å². The lowest BCUT2D eigenvalue weighted by Crippen LogP contribution is -2.70. The van der Waals surface area contributed by atoms with Gasteiger partial charge >= 0.3 is 0 Å². The normalized spacial score (nSPS) is 24.6. The highest BCUT2D eigenvalue weighted by Gasteiger charge is 2.65. The van der Waals surface area contributed by atoms with Crippen LogP contribution in [0.15, 0.2) is 90.1 Å². The molecule has 0 saturated heterocycles. The van der Waals surface area contributed by atoms with Crippen LogP contribution in [0.5, 0.6) is 23.0 Å². The van der Waals surface area contributed by atoms with E-state index >= 15 is 0 Å². The van der Waals surface area contributed by atoms with Crippen LogP contribution >= 0.6 is 0 Å². The molecule has 2 aliphatic heterocycles. The number of aliphatic hydroxyl groups excluding tert-OH is 2. The molecule has 0 radical (unpaired) electrons. The van der Waals surface area contributed by atoms with Crippen molar-refractivity contribution in [2.24, 2.45) is 22.9 Å². The first kappa shape index (κ1) is 41.3. The maximum atomic E-state index is 14.9. The highest BCUT2D eigenvalue weighted by atomic mass is 19.1. The summed E-state index contributed by atoms with van der Waals surface area (Å²) in [5.41, 5.74) is 3.46. The molecule has 1 amide bonds. The van der Waals surface area contributed by atoms with Gasteiger partial charge in [-0.05, 0) is 92.0 Å². The molecule has 11 nitrogen and oxygen atoms in total. The first-order chi connectivity index (χ1) is 28.4. The number of oxime groups is 1. The summed E-state index contributed by atoms with van der Waals surface area (Å²) < 4.78 is 46.5. The van der Waals surface area contributed by atoms with Crippen LogP contribution in [-0.4, -0.2) is 78.8 Å². The Labute approximate surface area is 340 Å². The number of fused-ring (bicyclic) bond motifs is 3. The lowest BCUT2D eigenvalue weighted by atomic mass is 9.55. The maximum absolute atomic E-state index is 14.9. The van der Waals surface area contributed by atoms with Crippen LogP contribution in [0.25, 0.3) is 0 Å². The summed E-state index contributed by atoms with van der Waals surface area (Å²) in [6.07, 6.45) is 9.50. The van der Waals surface area contributed by atoms with E-state index in [1.165, 1.54) is 13.2 Å². The van der Waals surface area contributed by atoms with Crippen molar-refractivity contribution in [2.45, 2.75) is 82.6 Å². The second kappa shape index (κ2) is 18.8. The van der Waals surface area contributed by atoms with Gasteiger partial charge in [0.15, 0.2) is 11.5 Å². The number of ether oxygens (including phenoxy) is 5. The largest absolute Gasteiger partial charge is 0.489 e. The highest BCUT2D eigenvalue weighted by Crippen LogP contribution is 2.62. The molecule has 1 saturated carbocycles. The number of benzene rings is 3. The van der Waals surface area contributed by atoms with E-state index in [4.69, 9.17) is 28.5 Å². The van der Waals surface area contributed by atoms with Gasteiger partial charge in [0.2, 0.25) is 12.6 Å². The Kier molecular flexibility index (Phi) is 13.4. The van der Waals surface area contributed by atoms with E-state index in [1.54, 1.807) is 42.5 Å². The van der Waals surface area contributed by atoms with Crippen LogP contribution in [0, 0.1) is 23.6 Å². The predicted octanol–water partition coefficient (Wildman–Crippen LogP) is 7.95. The van der Waals surface area contributed by atoms with Crippen LogP contribution in [0.4, 0.5) is 4.39 Å². The summed E-state index contributed by atoms with van der Waals surface area (Å²) in [5.74, 6) is -0.249. The Morgan fingerprint density at radius 3 is 2.55 bits per heavy atom. The standard InChI is InChI=1S/C46H55FN2O9/c1-4-20-49(45(52)31-16-18-40-41(25-31)56-29-55-40)42-27-38(48-53-3)35-24-30(12-8-10-21-50)34(14-9-11-22-51)43-36-26-33(54-28-32-13-6-7-15-37(32)47)17-19-39(36)58-46(42,44(35)43)57-23-5-2/h5-7,13,15-19,24-26,30,34,42-44,50-51H,2,4,8-12,14,20-23,27-29H2,1,3H3/t30-,34+,42-,43+,44+,46+/m0/s1. The predicted molar refractivity (Wildman–Crippen MR) is 217 cm³/mol. The third-order valence-corrected chi connectivity index (χ3v) is 11.9. The van der Waals surface area contributed by atoms with Crippen LogP contribution in [0.2, 0.25) is 0 Å². The fourth-order valence-electron chi connectivity index (χ4n) is 9.46. The number of carbonyl (C=O) groups excluding carboxylic acids is 1. The third kappa shape index (κ3) is 8.19. The molecule has 0 spiro atoms. The summed E-state index contributed by atoms with van der Waals surface area (Å²) >= 11 is 0. The Morgan fingerprint density at radius 2 is 1.79 bits per heavy atom. The van der Waals surface area contributed by atoms with Crippen LogP contribution < -0.4 is 18.9 Å². The molecule has 1 fully saturated rings. The molecule has 12 heteroatoms. The third-order valence-electron chi connectivity index (χ3n) is 11.9. The molecule has 0 aromatic heterocycles. The number of allylic oxidation sites excluding steroid dienone is 1. The Morgan fingerprint density at radius 1 is 1.02 bits per heavy atom. The monoisotopic (exact) mass is 798 g/mol. The molecule has 58 heavy (non-hydrogen) atoms. The molecular formula is C46H55FN2O9. The van der Waals surface area contributed by atoms with Crippen molar-refractivity contribution in [1.82, 2.24) is 4.90 Å². The van der Waals surface area contributed by atoms with Gasteiger partial charge in [0.25, 0.3) is 5.91 Å². The zero-order chi connectivity index (χ0) is 40.6. The van der Waals surface area contributed by atoms with Gasteiger partial charge in [-0.2, -0.15) is 0 Å². The molecule has 2 N–H and O–H groups in total. The van der Waals surface area contributed by atoms with E-state index in [0.29, 0.717) is 65.6 Å². The average molecular weight is 799 g/mol. The van der Waals surface area contributed by atoms with E-state index < -0.39 is 17.7 Å². The quantitative estimate of drug-likeness (QED) is 0.0706. The Bertz CT molecular complexity index is 1990. The molecule has 310 valence electrons. The summed E-state index contributed by atoms with van der Waals surface area (Å²) in [5, 5.41) is 24.4. The van der Waals surface area contributed by atoms with Crippen molar-refractivity contribution < 1.29 is 47.9 Å². The minimum atomic E-state index is -1.40. The van der Waals surface area contributed by atoms with Crippen LogP contribution in [0.3, 0.4) is 0 Å². The first-order valence-electron chi connectivity index (χ1n) is 20.6. The van der Waals surface area contributed by atoms with Gasteiger partial charge in [0.05, 0.1) is 18.2 Å². The van der Waals surface area contributed by atoms with E-state index in [0.717, 1.165) is 36.8 Å². The van der Waals surface area contributed by atoms with Crippen molar-refractivity contribution >= 4 is 11.6 Å². The van der Waals surface area contributed by atoms with E-state index in [2.05, 4.69) is 17.8 Å². The molecule has 0 unspecified atom stereocenters. The molecule has 0 bridgehead atoms. The molecule has 6 atom stereocenters. The van der Waals surface area contributed by atoms with Gasteiger partial charge in [0, 0.05) is 48.8 Å². The number of rotatable bonds is 19. The van der Waals surface area contributed by atoms with Gasteiger partial charge in [-0.1, -0.05) is 55.3 Å². The average Bonchev–Trinajstić information content (AvgIpc) is 3.72. The van der Waals surface area contributed by atoms with Crippen LogP contribution in [-0.2, 0) is 16.2 Å². The molecular weight excluding hydrogens is 744 g/mol. The molecule has 2 aliphatic carbocycles. The van der Waals surface area contributed by atoms with Crippen molar-refractivity contribution in [3.05, 3.63) is 107 Å². The van der Waals surface area contributed by atoms with Crippen molar-refractivity contribution in [3.8, 4) is 23.0 Å². The second-order valence-corrected chi connectivity index (χ2v) is 15.4. The van der Waals surface area contributed by atoms with Gasteiger partial charge in [-0.3, -0.25) is 4.79 Å². The summed E-state index contributed by atoms with van der Waals surface area (Å²) in [6.45, 7) is 6.91. The van der Waals surface area contributed by atoms with Gasteiger partial charge in [-0.25, -0.2) is 4.39 Å². The van der Waals surface area contributed by atoms with E-state index in [-0.39, 0.29) is 69.1 Å². The first-order valence-corrected chi connectivity index (χ1v) is 20.6. The fraction of sp³-hybridized carbons (Fsp3) is 0.478. The summed E-state index contributed by atoms with van der Waals surface area (Å²) in [6, 6.07) is 16.9. The SMILES string of the molecule is C=CCO[C@@]12Oc3ccc(OCc4ccccc4F)cc3[C@H]3[C@H](CCCCO)[C@@H](CCCCO)C=C(C(=NOC)C[C@@H]1N(CCC)C(=O)c1ccc4c(c1)OCO4)[C@H]32. The van der Waals surface area contributed by atoms with Crippen molar-refractivity contribution in [1.29, 1.82) is 0 Å². The zero-order valence-electron chi connectivity index (χ0n) is 33.4. The number of carbonyl (C=O) groups is 1. The Hall–Kier alpha value is -4.91. The topological polar surface area (TPSA) is 129 Å². The van der Waals surface area contributed by atoms with Crippen molar-refractivity contribution in [2.75, 3.05) is 40.3 Å². The second-order valence-electron chi connectivity index (χ2n) is 15.4. The van der Waals surface area contributed by atoms with Gasteiger partial charge in [0.1, 0.15) is 37.1 Å². The molecule has 4 aliphatic rings. The molecule has 7 rings (SSSR count). The Balaban J connectivity index is 1.41. The number of aliphatic hydroxyl groups is 2. The fourth-order valence-corrected chi connectivity index (χ4v) is 9.46. The number of halogens is 1. The molecule has 3 aromatic carbocycles. The lowest BCUT2D eigenvalue weighted by Gasteiger charge is -2.60. The number of unbranched alkanes of at least 4 members (excludes halogenated alkanes) is 2. The number of nitrogens with zero attached hydrogens (tertiary/aromatic N) is 2.